The first kappa shape index (κ1) is 26.6. The molecule has 9 heteroatoms. The lowest BCUT2D eigenvalue weighted by Gasteiger charge is -2.31. The Morgan fingerprint density at radius 1 is 1.00 bits per heavy atom. The minimum absolute atomic E-state index is 0.0467. The van der Waals surface area contributed by atoms with Gasteiger partial charge in [-0.05, 0) is 92.0 Å². The van der Waals surface area contributed by atoms with Gasteiger partial charge in [0.05, 0.1) is 19.2 Å². The molecule has 0 unspecified atom stereocenters. The molecule has 37 heavy (non-hydrogen) atoms. The van der Waals surface area contributed by atoms with Crippen molar-refractivity contribution in [2.24, 2.45) is 5.92 Å². The molecular weight excluding hydrogens is 483 g/mol. The molecule has 3 aromatic rings. The molecule has 2 aromatic carbocycles. The maximum absolute atomic E-state index is 12.8. The number of hydrogen-bond donors (Lipinski definition) is 1. The molecule has 0 spiro atoms. The van der Waals surface area contributed by atoms with Crippen LogP contribution in [0.5, 0.6) is 11.5 Å². The van der Waals surface area contributed by atoms with Crippen LogP contribution in [0.25, 0.3) is 5.69 Å². The number of hydrogen-bond acceptors (Lipinski definition) is 4. The average Bonchev–Trinajstić information content (AvgIpc) is 3.36. The van der Waals surface area contributed by atoms with Crippen molar-refractivity contribution in [1.82, 2.24) is 14.8 Å². The highest BCUT2D eigenvalue weighted by Crippen LogP contribution is 2.30. The van der Waals surface area contributed by atoms with Crippen molar-refractivity contribution < 1.29 is 27.4 Å². The molecule has 1 aromatic heterocycles. The molecule has 1 saturated heterocycles. The number of amides is 1. The van der Waals surface area contributed by atoms with E-state index in [1.54, 1.807) is 7.11 Å². The van der Waals surface area contributed by atoms with Crippen LogP contribution in [0.1, 0.15) is 30.4 Å². The van der Waals surface area contributed by atoms with Gasteiger partial charge < -0.3 is 19.4 Å². The van der Waals surface area contributed by atoms with Crippen molar-refractivity contribution in [2.45, 2.75) is 32.0 Å². The van der Waals surface area contributed by atoms with Crippen LogP contribution in [0.3, 0.4) is 0 Å². The Hall–Kier alpha value is -3.46. The third-order valence-electron chi connectivity index (χ3n) is 6.59. The fraction of sp³-hybridized carbons (Fsp3) is 0.393. The third kappa shape index (κ3) is 7.76. The van der Waals surface area contributed by atoms with Gasteiger partial charge in [-0.2, -0.15) is 13.2 Å². The first-order valence-electron chi connectivity index (χ1n) is 12.4. The lowest BCUT2D eigenvalue weighted by atomic mass is 9.93. The highest BCUT2D eigenvalue weighted by Gasteiger charge is 2.30. The zero-order valence-electron chi connectivity index (χ0n) is 20.8. The van der Waals surface area contributed by atoms with Gasteiger partial charge in [0.1, 0.15) is 18.1 Å². The molecule has 1 fully saturated rings. The molecule has 1 aliphatic rings. The molecule has 0 bridgehead atoms. The lowest BCUT2D eigenvalue weighted by molar-refractivity contribution is -0.137. The zero-order chi connectivity index (χ0) is 26.3. The smallest absolute Gasteiger partial charge is 0.416 e. The van der Waals surface area contributed by atoms with Crippen molar-refractivity contribution in [3.63, 3.8) is 0 Å². The van der Waals surface area contributed by atoms with E-state index in [2.05, 4.69) is 10.2 Å². The number of carbonyl (C=O) groups is 1. The maximum atomic E-state index is 12.8. The van der Waals surface area contributed by atoms with Crippen molar-refractivity contribution in [3.05, 3.63) is 78.1 Å². The molecule has 0 saturated carbocycles. The fourth-order valence-electron chi connectivity index (χ4n) is 4.49. The van der Waals surface area contributed by atoms with Crippen LogP contribution in [0.4, 0.5) is 13.2 Å². The van der Waals surface area contributed by atoms with E-state index in [9.17, 15) is 18.0 Å². The molecule has 6 nitrogen and oxygen atoms in total. The van der Waals surface area contributed by atoms with Crippen LogP contribution in [-0.4, -0.2) is 48.7 Å². The predicted octanol–water partition coefficient (Wildman–Crippen LogP) is 5.30. The summed E-state index contributed by atoms with van der Waals surface area (Å²) in [5.74, 6) is 1.90. The summed E-state index contributed by atoms with van der Waals surface area (Å²) < 4.78 is 51.0. The third-order valence-corrected chi connectivity index (χ3v) is 6.59. The van der Waals surface area contributed by atoms with E-state index in [-0.39, 0.29) is 5.91 Å². The number of methoxy groups -OCH3 is 1. The number of nitrogens with zero attached hydrogens (tertiary/aromatic N) is 2. The summed E-state index contributed by atoms with van der Waals surface area (Å²) in [6.07, 6.45) is 1.91. The summed E-state index contributed by atoms with van der Waals surface area (Å²) in [7, 11) is 1.61. The van der Waals surface area contributed by atoms with Crippen molar-refractivity contribution in [2.75, 3.05) is 33.4 Å². The minimum Gasteiger partial charge on any atom is -0.497 e. The molecule has 0 radical (unpaired) electrons. The number of benzene rings is 2. The SMILES string of the molecule is COc1ccc(OCCNC(=O)CC2CCN(Cc3ccn(-c4ccc(C(F)(F)F)cc4)c3)CC2)cc1. The number of nitrogens with one attached hydrogen (secondary N) is 1. The first-order valence-corrected chi connectivity index (χ1v) is 12.4. The van der Waals surface area contributed by atoms with Gasteiger partial charge in [0.25, 0.3) is 0 Å². The van der Waals surface area contributed by atoms with E-state index < -0.39 is 11.7 Å². The molecule has 0 aliphatic carbocycles. The summed E-state index contributed by atoms with van der Waals surface area (Å²) in [5.41, 5.74) is 1.15. The molecule has 1 amide bonds. The highest BCUT2D eigenvalue weighted by molar-refractivity contribution is 5.76. The normalized spacial score (nSPS) is 14.9. The van der Waals surface area contributed by atoms with E-state index in [1.807, 2.05) is 47.3 Å². The van der Waals surface area contributed by atoms with Gasteiger partial charge in [-0.15, -0.1) is 0 Å². The van der Waals surface area contributed by atoms with Crippen molar-refractivity contribution >= 4 is 5.91 Å². The van der Waals surface area contributed by atoms with Crippen molar-refractivity contribution in [3.8, 4) is 17.2 Å². The largest absolute Gasteiger partial charge is 0.497 e. The molecule has 2 heterocycles. The number of ether oxygens (including phenoxy) is 2. The number of halogens is 3. The number of carbonyl (C=O) groups excluding carboxylic acids is 1. The standard InChI is InChI=1S/C28H32F3N3O3/c1-36-25-6-8-26(9-7-25)37-17-13-32-27(35)18-21-10-14-33(15-11-21)19-22-12-16-34(20-22)24-4-2-23(3-5-24)28(29,30)31/h2-9,12,16,20-21H,10-11,13-15,17-19H2,1H3,(H,32,35). The van der Waals surface area contributed by atoms with Crippen LogP contribution < -0.4 is 14.8 Å². The van der Waals surface area contributed by atoms with E-state index in [1.165, 1.54) is 12.1 Å². The second-order valence-corrected chi connectivity index (χ2v) is 9.27. The van der Waals surface area contributed by atoms with Gasteiger partial charge in [-0.3, -0.25) is 9.69 Å². The number of aromatic nitrogens is 1. The quantitative estimate of drug-likeness (QED) is 0.372. The Labute approximate surface area is 215 Å². The molecular formula is C28H32F3N3O3. The second-order valence-electron chi connectivity index (χ2n) is 9.27. The van der Waals surface area contributed by atoms with Gasteiger partial charge in [-0.25, -0.2) is 0 Å². The van der Waals surface area contributed by atoms with Gasteiger partial charge in [0.15, 0.2) is 0 Å². The van der Waals surface area contributed by atoms with E-state index in [0.717, 1.165) is 61.7 Å². The maximum Gasteiger partial charge on any atom is 0.416 e. The summed E-state index contributed by atoms with van der Waals surface area (Å²) in [4.78, 5) is 14.7. The van der Waals surface area contributed by atoms with E-state index in [4.69, 9.17) is 9.47 Å². The van der Waals surface area contributed by atoms with Crippen LogP contribution >= 0.6 is 0 Å². The average molecular weight is 516 g/mol. The van der Waals surface area contributed by atoms with Crippen LogP contribution in [0.15, 0.2) is 67.0 Å². The summed E-state index contributed by atoms with van der Waals surface area (Å²) in [5, 5.41) is 2.94. The topological polar surface area (TPSA) is 55.7 Å². The molecule has 0 atom stereocenters. The monoisotopic (exact) mass is 515 g/mol. The number of alkyl halides is 3. The Balaban J connectivity index is 1.14. The van der Waals surface area contributed by atoms with Gasteiger partial charge in [0.2, 0.25) is 5.91 Å². The molecule has 1 N–H and O–H groups in total. The number of rotatable bonds is 10. The molecule has 1 aliphatic heterocycles. The summed E-state index contributed by atoms with van der Waals surface area (Å²) in [6, 6.07) is 14.5. The van der Waals surface area contributed by atoms with Crippen molar-refractivity contribution in [1.29, 1.82) is 0 Å². The minimum atomic E-state index is -4.33. The second kappa shape index (κ2) is 12.2. The Morgan fingerprint density at radius 3 is 2.32 bits per heavy atom. The summed E-state index contributed by atoms with van der Waals surface area (Å²) >= 11 is 0. The summed E-state index contributed by atoms with van der Waals surface area (Å²) in [6.45, 7) is 3.45. The fourth-order valence-corrected chi connectivity index (χ4v) is 4.49. The zero-order valence-corrected chi connectivity index (χ0v) is 20.8. The number of piperidine rings is 1. The molecule has 4 rings (SSSR count). The highest BCUT2D eigenvalue weighted by atomic mass is 19.4. The van der Waals surface area contributed by atoms with Crippen LogP contribution in [-0.2, 0) is 17.5 Å². The van der Waals surface area contributed by atoms with Gasteiger partial charge >= 0.3 is 6.18 Å². The number of likely N-dealkylation sites (tertiary alicyclic amines) is 1. The Morgan fingerprint density at radius 2 is 1.68 bits per heavy atom. The Kier molecular flexibility index (Phi) is 8.76. The molecule has 198 valence electrons. The van der Waals surface area contributed by atoms with Crippen LogP contribution in [0.2, 0.25) is 0 Å². The van der Waals surface area contributed by atoms with E-state index >= 15 is 0 Å². The lowest BCUT2D eigenvalue weighted by Crippen LogP contribution is -2.36. The van der Waals surface area contributed by atoms with Gasteiger partial charge in [-0.1, -0.05) is 0 Å². The van der Waals surface area contributed by atoms with Crippen LogP contribution in [0, 0.1) is 5.92 Å². The Bertz CT molecular complexity index is 1140. The first-order chi connectivity index (χ1) is 17.8. The predicted molar refractivity (Wildman–Crippen MR) is 135 cm³/mol. The van der Waals surface area contributed by atoms with Gasteiger partial charge in [0, 0.05) is 31.0 Å². The van der Waals surface area contributed by atoms with E-state index in [0.29, 0.717) is 31.2 Å².